The average Bonchev–Trinajstić information content (AvgIpc) is 2.91. The first-order valence-corrected chi connectivity index (χ1v) is 13.7. The lowest BCUT2D eigenvalue weighted by molar-refractivity contribution is -0.123. The standard InChI is InChI=1S/C30H39N7O3/c1-6-16-32-27-23(19-33-28(36-27)35-24-14-11-22(18-31)12-15-24)13-10-21-8-7-9-25(17-21)34-26(38)20-37(5)29(39)40-30(2,3)4/h11-12,14-15,19,21,25H,6-9,16-17,20H2,1-5H3,(H,34,38)(H2,32,33,35,36)/t21-,25?/m0/s1. The van der Waals surface area contributed by atoms with Crippen molar-refractivity contribution in [1.29, 1.82) is 5.26 Å². The monoisotopic (exact) mass is 545 g/mol. The summed E-state index contributed by atoms with van der Waals surface area (Å²) in [7, 11) is 1.56. The summed E-state index contributed by atoms with van der Waals surface area (Å²) in [6.45, 7) is 8.14. The van der Waals surface area contributed by atoms with Gasteiger partial charge in [-0.1, -0.05) is 25.2 Å². The van der Waals surface area contributed by atoms with Crippen molar-refractivity contribution >= 4 is 29.5 Å². The highest BCUT2D eigenvalue weighted by Gasteiger charge is 2.25. The van der Waals surface area contributed by atoms with E-state index in [2.05, 4.69) is 50.8 Å². The van der Waals surface area contributed by atoms with Gasteiger partial charge in [-0.25, -0.2) is 9.78 Å². The van der Waals surface area contributed by atoms with E-state index in [-0.39, 0.29) is 24.4 Å². The molecular formula is C30H39N7O3. The van der Waals surface area contributed by atoms with Crippen molar-refractivity contribution in [2.45, 2.75) is 71.4 Å². The summed E-state index contributed by atoms with van der Waals surface area (Å²) in [4.78, 5) is 35.1. The number of nitriles is 1. The second-order valence-corrected chi connectivity index (χ2v) is 10.9. The van der Waals surface area contributed by atoms with Crippen LogP contribution in [0.15, 0.2) is 30.5 Å². The number of anilines is 3. The van der Waals surface area contributed by atoms with E-state index >= 15 is 0 Å². The van der Waals surface area contributed by atoms with Crippen LogP contribution >= 0.6 is 0 Å². The largest absolute Gasteiger partial charge is 0.444 e. The van der Waals surface area contributed by atoms with Crippen molar-refractivity contribution < 1.29 is 14.3 Å². The van der Waals surface area contributed by atoms with Crippen LogP contribution in [0.2, 0.25) is 0 Å². The Morgan fingerprint density at radius 1 is 1.20 bits per heavy atom. The Morgan fingerprint density at radius 3 is 2.62 bits per heavy atom. The summed E-state index contributed by atoms with van der Waals surface area (Å²) in [5.41, 5.74) is 1.46. The Morgan fingerprint density at radius 2 is 1.95 bits per heavy atom. The number of carbonyl (C=O) groups is 2. The molecular weight excluding hydrogens is 506 g/mol. The van der Waals surface area contributed by atoms with Crippen molar-refractivity contribution in [2.24, 2.45) is 5.92 Å². The lowest BCUT2D eigenvalue weighted by Crippen LogP contribution is -2.45. The Balaban J connectivity index is 1.62. The quantitative estimate of drug-likeness (QED) is 0.403. The van der Waals surface area contributed by atoms with E-state index in [0.29, 0.717) is 22.9 Å². The van der Waals surface area contributed by atoms with Crippen molar-refractivity contribution in [2.75, 3.05) is 30.8 Å². The van der Waals surface area contributed by atoms with E-state index in [9.17, 15) is 9.59 Å². The van der Waals surface area contributed by atoms with Crippen molar-refractivity contribution in [1.82, 2.24) is 20.2 Å². The molecule has 3 rings (SSSR count). The molecule has 10 heteroatoms. The Kier molecular flexibility index (Phi) is 10.7. The fourth-order valence-electron chi connectivity index (χ4n) is 4.19. The molecule has 1 aromatic heterocycles. The highest BCUT2D eigenvalue weighted by molar-refractivity contribution is 5.82. The van der Waals surface area contributed by atoms with E-state index in [0.717, 1.165) is 44.3 Å². The molecule has 1 unspecified atom stereocenters. The molecule has 1 heterocycles. The summed E-state index contributed by atoms with van der Waals surface area (Å²) in [6.07, 6.45) is 5.64. The molecule has 212 valence electrons. The number of aromatic nitrogens is 2. The highest BCUT2D eigenvalue weighted by atomic mass is 16.6. The molecule has 0 saturated heterocycles. The smallest absolute Gasteiger partial charge is 0.410 e. The van der Waals surface area contributed by atoms with Crippen LogP contribution in [0.4, 0.5) is 22.2 Å². The second kappa shape index (κ2) is 14.2. The van der Waals surface area contributed by atoms with Crippen LogP contribution < -0.4 is 16.0 Å². The van der Waals surface area contributed by atoms with Crippen LogP contribution in [-0.2, 0) is 9.53 Å². The minimum Gasteiger partial charge on any atom is -0.444 e. The molecule has 0 bridgehead atoms. The zero-order valence-electron chi connectivity index (χ0n) is 24.0. The molecule has 1 fully saturated rings. The lowest BCUT2D eigenvalue weighted by atomic mass is 9.86. The SMILES string of the molecule is CCCNc1nc(Nc2ccc(C#N)cc2)ncc1C#C[C@@H]1CCCC(NC(=O)CN(C)C(=O)OC(C)(C)C)C1. The van der Waals surface area contributed by atoms with Crippen molar-refractivity contribution in [3.8, 4) is 17.9 Å². The van der Waals surface area contributed by atoms with E-state index in [1.165, 1.54) is 4.90 Å². The molecule has 10 nitrogen and oxygen atoms in total. The number of hydrogen-bond acceptors (Lipinski definition) is 8. The molecule has 2 amide bonds. The van der Waals surface area contributed by atoms with Crippen molar-refractivity contribution in [3.63, 3.8) is 0 Å². The lowest BCUT2D eigenvalue weighted by Gasteiger charge is -2.28. The number of nitrogens with zero attached hydrogens (tertiary/aromatic N) is 4. The summed E-state index contributed by atoms with van der Waals surface area (Å²) in [5, 5.41) is 18.5. The number of hydrogen-bond donors (Lipinski definition) is 3. The maximum Gasteiger partial charge on any atom is 0.410 e. The number of carbonyl (C=O) groups excluding carboxylic acids is 2. The maximum absolute atomic E-state index is 12.6. The number of likely N-dealkylation sites (N-methyl/N-ethyl adjacent to an activating group) is 1. The van der Waals surface area contributed by atoms with Gasteiger partial charge >= 0.3 is 6.09 Å². The predicted molar refractivity (Wildman–Crippen MR) is 155 cm³/mol. The van der Waals surface area contributed by atoms with E-state index < -0.39 is 11.7 Å². The van der Waals surface area contributed by atoms with Gasteiger partial charge in [0, 0.05) is 31.2 Å². The molecule has 2 aromatic rings. The third kappa shape index (κ3) is 9.77. The highest BCUT2D eigenvalue weighted by Crippen LogP contribution is 2.24. The van der Waals surface area contributed by atoms with E-state index in [1.54, 1.807) is 46.1 Å². The Bertz CT molecular complexity index is 1270. The van der Waals surface area contributed by atoms with Gasteiger partial charge in [0.2, 0.25) is 11.9 Å². The first kappa shape index (κ1) is 30.2. The summed E-state index contributed by atoms with van der Waals surface area (Å²) < 4.78 is 5.32. The first-order chi connectivity index (χ1) is 19.1. The van der Waals surface area contributed by atoms with Crippen LogP contribution in [0.3, 0.4) is 0 Å². The van der Waals surface area contributed by atoms with Gasteiger partial charge in [0.1, 0.15) is 18.0 Å². The summed E-state index contributed by atoms with van der Waals surface area (Å²) in [6, 6.07) is 9.19. The molecule has 0 spiro atoms. The molecule has 0 radical (unpaired) electrons. The number of amides is 2. The van der Waals surface area contributed by atoms with Crippen LogP contribution in [0.1, 0.15) is 70.9 Å². The van der Waals surface area contributed by atoms with E-state index in [1.807, 2.05) is 12.1 Å². The zero-order valence-corrected chi connectivity index (χ0v) is 24.0. The molecule has 0 aliphatic heterocycles. The first-order valence-electron chi connectivity index (χ1n) is 13.7. The fourth-order valence-corrected chi connectivity index (χ4v) is 4.19. The normalized spacial score (nSPS) is 16.5. The van der Waals surface area contributed by atoms with Gasteiger partial charge in [0.15, 0.2) is 0 Å². The Hall–Kier alpha value is -4.31. The molecule has 1 saturated carbocycles. The Labute approximate surface area is 236 Å². The summed E-state index contributed by atoms with van der Waals surface area (Å²) in [5.74, 6) is 7.63. The minimum absolute atomic E-state index is 0.000482. The third-order valence-corrected chi connectivity index (χ3v) is 6.14. The van der Waals surface area contributed by atoms with Gasteiger partial charge in [-0.15, -0.1) is 0 Å². The minimum atomic E-state index is -0.615. The van der Waals surface area contributed by atoms with Gasteiger partial charge < -0.3 is 25.6 Å². The van der Waals surface area contributed by atoms with Gasteiger partial charge in [0.25, 0.3) is 0 Å². The van der Waals surface area contributed by atoms with Crippen LogP contribution in [-0.4, -0.2) is 58.6 Å². The molecule has 1 aliphatic carbocycles. The topological polar surface area (TPSA) is 132 Å². The van der Waals surface area contributed by atoms with Crippen molar-refractivity contribution in [3.05, 3.63) is 41.6 Å². The molecule has 1 aromatic carbocycles. The maximum atomic E-state index is 12.6. The molecule has 1 aliphatic rings. The number of rotatable bonds is 8. The van der Waals surface area contributed by atoms with Crippen LogP contribution in [0.25, 0.3) is 0 Å². The number of nitrogens with one attached hydrogen (secondary N) is 3. The predicted octanol–water partition coefficient (Wildman–Crippen LogP) is 4.81. The number of benzene rings is 1. The van der Waals surface area contributed by atoms with Gasteiger partial charge in [0.05, 0.1) is 23.4 Å². The molecule has 40 heavy (non-hydrogen) atoms. The second-order valence-electron chi connectivity index (χ2n) is 10.9. The van der Waals surface area contributed by atoms with Gasteiger partial charge in [-0.3, -0.25) is 4.79 Å². The summed E-state index contributed by atoms with van der Waals surface area (Å²) >= 11 is 0. The zero-order chi connectivity index (χ0) is 29.1. The third-order valence-electron chi connectivity index (χ3n) is 6.14. The molecule has 3 N–H and O–H groups in total. The van der Waals surface area contributed by atoms with E-state index in [4.69, 9.17) is 10.00 Å². The fraction of sp³-hybridized carbons (Fsp3) is 0.500. The van der Waals surface area contributed by atoms with Gasteiger partial charge in [-0.05, 0) is 70.7 Å². The molecule has 2 atom stereocenters. The van der Waals surface area contributed by atoms with Crippen LogP contribution in [0, 0.1) is 29.1 Å². The van der Waals surface area contributed by atoms with Crippen LogP contribution in [0.5, 0.6) is 0 Å². The average molecular weight is 546 g/mol. The van der Waals surface area contributed by atoms with Gasteiger partial charge in [-0.2, -0.15) is 10.2 Å². The number of ether oxygens (including phenoxy) is 1.